The third-order valence-corrected chi connectivity index (χ3v) is 3.20. The second-order valence-electron chi connectivity index (χ2n) is 4.98. The Hall–Kier alpha value is -2.37. The van der Waals surface area contributed by atoms with Crippen LogP contribution in [0.4, 0.5) is 4.79 Å². The monoisotopic (exact) mass is 290 g/mol. The van der Waals surface area contributed by atoms with Crippen LogP contribution in [-0.2, 0) is 16.1 Å². The Bertz CT molecular complexity index is 583. The van der Waals surface area contributed by atoms with Crippen LogP contribution in [0.15, 0.2) is 24.3 Å². The first-order valence-electron chi connectivity index (χ1n) is 6.87. The molecule has 0 saturated carbocycles. The largest absolute Gasteiger partial charge is 0.494 e. The number of carbonyl (C=O) groups excluding carboxylic acids is 3. The van der Waals surface area contributed by atoms with E-state index in [2.05, 4.69) is 0 Å². The maximum Gasteiger partial charge on any atom is 0.334 e. The van der Waals surface area contributed by atoms with E-state index in [1.165, 1.54) is 0 Å². The van der Waals surface area contributed by atoms with Gasteiger partial charge in [0.1, 0.15) is 5.75 Å². The van der Waals surface area contributed by atoms with Crippen LogP contribution in [0.2, 0.25) is 0 Å². The molecule has 0 radical (unpaired) electrons. The van der Waals surface area contributed by atoms with E-state index >= 15 is 0 Å². The maximum absolute atomic E-state index is 12.2. The van der Waals surface area contributed by atoms with Crippen LogP contribution < -0.4 is 4.74 Å². The summed E-state index contributed by atoms with van der Waals surface area (Å²) in [4.78, 5) is 38.0. The fourth-order valence-electron chi connectivity index (χ4n) is 2.22. The molecule has 4 amide bonds. The highest BCUT2D eigenvalue weighted by atomic mass is 16.5. The average molecular weight is 290 g/mol. The van der Waals surface area contributed by atoms with Crippen molar-refractivity contribution in [1.82, 2.24) is 9.80 Å². The first kappa shape index (κ1) is 15.0. The Morgan fingerprint density at radius 1 is 1.10 bits per heavy atom. The van der Waals surface area contributed by atoms with Crippen molar-refractivity contribution in [2.75, 3.05) is 6.61 Å². The molecule has 0 unspecified atom stereocenters. The number of carbonyl (C=O) groups is 3. The van der Waals surface area contributed by atoms with E-state index in [-0.39, 0.29) is 12.6 Å². The Morgan fingerprint density at radius 3 is 2.33 bits per heavy atom. The number of urea groups is 1. The van der Waals surface area contributed by atoms with Gasteiger partial charge in [-0.05, 0) is 26.8 Å². The molecule has 1 aromatic carbocycles. The van der Waals surface area contributed by atoms with E-state index in [0.717, 1.165) is 9.80 Å². The minimum atomic E-state index is -0.792. The van der Waals surface area contributed by atoms with Crippen molar-refractivity contribution in [3.63, 3.8) is 0 Å². The van der Waals surface area contributed by atoms with Crippen molar-refractivity contribution < 1.29 is 19.1 Å². The summed E-state index contributed by atoms with van der Waals surface area (Å²) in [6.07, 6.45) is 0. The first-order chi connectivity index (χ1) is 9.97. The van der Waals surface area contributed by atoms with Crippen molar-refractivity contribution >= 4 is 17.8 Å². The summed E-state index contributed by atoms with van der Waals surface area (Å²) in [5, 5.41) is 0. The average Bonchev–Trinajstić information content (AvgIpc) is 2.65. The lowest BCUT2D eigenvalue weighted by Crippen LogP contribution is -2.37. The van der Waals surface area contributed by atoms with Gasteiger partial charge in [0.05, 0.1) is 13.2 Å². The van der Waals surface area contributed by atoms with Gasteiger partial charge in [-0.25, -0.2) is 4.79 Å². The molecule has 1 aliphatic heterocycles. The van der Waals surface area contributed by atoms with E-state index in [1.54, 1.807) is 32.0 Å². The minimum absolute atomic E-state index is 0.0306. The van der Waals surface area contributed by atoms with Gasteiger partial charge in [-0.15, -0.1) is 0 Å². The molecule has 21 heavy (non-hydrogen) atoms. The van der Waals surface area contributed by atoms with Gasteiger partial charge in [0.15, 0.2) is 0 Å². The zero-order valence-corrected chi connectivity index (χ0v) is 12.3. The summed E-state index contributed by atoms with van der Waals surface area (Å²) in [5.74, 6) is -0.958. The zero-order chi connectivity index (χ0) is 15.6. The molecule has 1 heterocycles. The Labute approximate surface area is 123 Å². The van der Waals surface area contributed by atoms with Gasteiger partial charge >= 0.3 is 17.8 Å². The first-order valence-corrected chi connectivity index (χ1v) is 6.87. The molecule has 0 N–H and O–H groups in total. The van der Waals surface area contributed by atoms with Gasteiger partial charge in [-0.2, -0.15) is 0 Å². The van der Waals surface area contributed by atoms with Crippen LogP contribution in [0.3, 0.4) is 0 Å². The molecule has 2 rings (SSSR count). The molecular weight excluding hydrogens is 272 g/mol. The van der Waals surface area contributed by atoms with Crippen LogP contribution >= 0.6 is 0 Å². The normalized spacial score (nSPS) is 15.3. The summed E-state index contributed by atoms with van der Waals surface area (Å²) in [7, 11) is 0. The maximum atomic E-state index is 12.2. The van der Waals surface area contributed by atoms with E-state index in [0.29, 0.717) is 17.9 Å². The smallest absolute Gasteiger partial charge is 0.334 e. The highest BCUT2D eigenvalue weighted by molar-refractivity contribution is 6.44. The van der Waals surface area contributed by atoms with Crippen molar-refractivity contribution in [2.45, 2.75) is 33.4 Å². The molecule has 0 bridgehead atoms. The van der Waals surface area contributed by atoms with Gasteiger partial charge in [-0.3, -0.25) is 19.4 Å². The predicted molar refractivity (Wildman–Crippen MR) is 75.5 cm³/mol. The second kappa shape index (κ2) is 5.95. The molecule has 0 aromatic heterocycles. The molecule has 6 heteroatoms. The molecular formula is C15H18N2O4. The summed E-state index contributed by atoms with van der Waals surface area (Å²) in [5.41, 5.74) is 0.694. The molecule has 0 aliphatic carbocycles. The van der Waals surface area contributed by atoms with Crippen LogP contribution in [0.5, 0.6) is 5.75 Å². The second-order valence-corrected chi connectivity index (χ2v) is 4.98. The lowest BCUT2D eigenvalue weighted by molar-refractivity contribution is -0.144. The van der Waals surface area contributed by atoms with Crippen LogP contribution in [0.25, 0.3) is 0 Å². The number of hydrogen-bond acceptors (Lipinski definition) is 4. The molecule has 112 valence electrons. The van der Waals surface area contributed by atoms with E-state index in [1.807, 2.05) is 13.0 Å². The Morgan fingerprint density at radius 2 is 1.76 bits per heavy atom. The van der Waals surface area contributed by atoms with Crippen molar-refractivity contribution in [3.05, 3.63) is 29.8 Å². The number of amides is 4. The molecule has 1 fully saturated rings. The Kier molecular flexibility index (Phi) is 4.26. The van der Waals surface area contributed by atoms with Gasteiger partial charge in [0.25, 0.3) is 0 Å². The standard InChI is InChI=1S/C15H18N2O4/c1-4-21-12-8-6-5-7-11(12)9-16-13(18)14(19)17(10(2)3)15(16)20/h5-8,10H,4,9H2,1-3H3. The number of hydrogen-bond donors (Lipinski definition) is 0. The molecule has 1 saturated heterocycles. The molecule has 1 aromatic rings. The highest BCUT2D eigenvalue weighted by Gasteiger charge is 2.45. The molecule has 6 nitrogen and oxygen atoms in total. The quantitative estimate of drug-likeness (QED) is 0.612. The predicted octanol–water partition coefficient (Wildman–Crippen LogP) is 1.78. The van der Waals surface area contributed by atoms with Crippen molar-refractivity contribution in [2.24, 2.45) is 0 Å². The third-order valence-electron chi connectivity index (χ3n) is 3.20. The summed E-state index contributed by atoms with van der Waals surface area (Å²) in [6.45, 7) is 5.76. The van der Waals surface area contributed by atoms with Gasteiger partial charge in [0.2, 0.25) is 0 Å². The lowest BCUT2D eigenvalue weighted by atomic mass is 10.2. The highest BCUT2D eigenvalue weighted by Crippen LogP contribution is 2.23. The van der Waals surface area contributed by atoms with Crippen LogP contribution in [0, 0.1) is 0 Å². The van der Waals surface area contributed by atoms with Crippen LogP contribution in [-0.4, -0.2) is 40.3 Å². The summed E-state index contributed by atoms with van der Waals surface area (Å²) < 4.78 is 5.47. The fraction of sp³-hybridized carbons (Fsp3) is 0.400. The third kappa shape index (κ3) is 2.74. The lowest BCUT2D eigenvalue weighted by Gasteiger charge is -2.19. The number of para-hydroxylation sites is 1. The van der Waals surface area contributed by atoms with Crippen LogP contribution in [0.1, 0.15) is 26.3 Å². The fourth-order valence-corrected chi connectivity index (χ4v) is 2.22. The molecule has 0 atom stereocenters. The molecule has 0 spiro atoms. The van der Waals surface area contributed by atoms with E-state index < -0.39 is 17.8 Å². The van der Waals surface area contributed by atoms with Gasteiger partial charge in [0, 0.05) is 11.6 Å². The number of ether oxygens (including phenoxy) is 1. The van der Waals surface area contributed by atoms with Gasteiger partial charge in [-0.1, -0.05) is 18.2 Å². The summed E-state index contributed by atoms with van der Waals surface area (Å²) >= 11 is 0. The number of benzene rings is 1. The topological polar surface area (TPSA) is 66.9 Å². The summed E-state index contributed by atoms with van der Waals surface area (Å²) in [6, 6.07) is 6.23. The number of imide groups is 2. The van der Waals surface area contributed by atoms with Gasteiger partial charge < -0.3 is 4.74 Å². The molecule has 1 aliphatic rings. The van der Waals surface area contributed by atoms with E-state index in [9.17, 15) is 14.4 Å². The SMILES string of the molecule is CCOc1ccccc1CN1C(=O)C(=O)N(C(C)C)C1=O. The Balaban J connectivity index is 2.26. The minimum Gasteiger partial charge on any atom is -0.494 e. The van der Waals surface area contributed by atoms with Crippen molar-refractivity contribution in [3.8, 4) is 5.75 Å². The zero-order valence-electron chi connectivity index (χ0n) is 12.3. The van der Waals surface area contributed by atoms with E-state index in [4.69, 9.17) is 4.74 Å². The number of rotatable bonds is 5. The number of nitrogens with zero attached hydrogens (tertiary/aromatic N) is 2. The van der Waals surface area contributed by atoms with Crippen molar-refractivity contribution in [1.29, 1.82) is 0 Å².